The maximum Gasteiger partial charge on any atom is 0.289 e. The van der Waals surface area contributed by atoms with Crippen LogP contribution in [0.3, 0.4) is 0 Å². The van der Waals surface area contributed by atoms with Crippen LogP contribution in [-0.2, 0) is 21.2 Å². The Morgan fingerprint density at radius 1 is 1.17 bits per heavy atom. The Bertz CT molecular complexity index is 1390. The van der Waals surface area contributed by atoms with E-state index < -0.39 is 33.1 Å². The summed E-state index contributed by atoms with van der Waals surface area (Å²) in [5.74, 6) is 0.0759. The van der Waals surface area contributed by atoms with Crippen LogP contribution in [-0.4, -0.2) is 38.9 Å². The maximum atomic E-state index is 13.7. The average Bonchev–Trinajstić information content (AvgIpc) is 3.18. The lowest BCUT2D eigenvalue weighted by molar-refractivity contribution is -0.384. The number of nitro benzene ring substituents is 1. The molecule has 0 spiro atoms. The predicted octanol–water partition coefficient (Wildman–Crippen LogP) is 4.43. The summed E-state index contributed by atoms with van der Waals surface area (Å²) >= 11 is 5.88. The molecule has 3 aromatic carbocycles. The van der Waals surface area contributed by atoms with Crippen LogP contribution in [0.25, 0.3) is 0 Å². The molecule has 0 saturated heterocycles. The number of nitro groups is 1. The number of para-hydroxylation sites is 1. The lowest BCUT2D eigenvalue weighted by atomic mass is 10.1. The fraction of sp³-hybridized carbons (Fsp3) is 0.208. The number of benzene rings is 3. The smallest absolute Gasteiger partial charge is 0.289 e. The highest BCUT2D eigenvalue weighted by Crippen LogP contribution is 2.34. The van der Waals surface area contributed by atoms with Crippen LogP contribution in [0.5, 0.6) is 5.75 Å². The molecule has 35 heavy (non-hydrogen) atoms. The van der Waals surface area contributed by atoms with Crippen LogP contribution >= 0.6 is 11.6 Å². The molecule has 0 saturated carbocycles. The van der Waals surface area contributed by atoms with E-state index in [1.165, 1.54) is 25.3 Å². The average molecular weight is 516 g/mol. The second kappa shape index (κ2) is 9.55. The number of fused-ring (bicyclic) bond motifs is 1. The number of nitrogens with zero attached hydrogens (tertiary/aromatic N) is 3. The zero-order chi connectivity index (χ0) is 25.3. The molecule has 0 fully saturated rings. The minimum absolute atomic E-state index is 0.156. The SMILES string of the molecule is COc1ccc(N(CC(=O)N2c3ccccc3C[C@H]2C)S(=O)(=O)c2ccc(Cl)c([N+](=O)[O-])c2)cc1. The molecule has 0 unspecified atom stereocenters. The van der Waals surface area contributed by atoms with Crippen LogP contribution in [0.2, 0.25) is 5.02 Å². The molecule has 1 aliphatic heterocycles. The van der Waals surface area contributed by atoms with Gasteiger partial charge in [-0.1, -0.05) is 29.8 Å². The van der Waals surface area contributed by atoms with E-state index >= 15 is 0 Å². The Morgan fingerprint density at radius 3 is 2.51 bits per heavy atom. The summed E-state index contributed by atoms with van der Waals surface area (Å²) in [5.41, 5.74) is 1.40. The fourth-order valence-electron chi connectivity index (χ4n) is 4.13. The van der Waals surface area contributed by atoms with Gasteiger partial charge in [-0.05, 0) is 61.4 Å². The third-order valence-corrected chi connectivity index (χ3v) is 7.91. The van der Waals surface area contributed by atoms with Crippen LogP contribution in [0.15, 0.2) is 71.6 Å². The molecule has 1 heterocycles. The van der Waals surface area contributed by atoms with Crippen molar-refractivity contribution in [2.24, 2.45) is 0 Å². The van der Waals surface area contributed by atoms with Gasteiger partial charge in [0.2, 0.25) is 5.91 Å². The van der Waals surface area contributed by atoms with Crippen molar-refractivity contribution in [2.45, 2.75) is 24.3 Å². The standard InChI is InChI=1S/C24H22ClN3O6S/c1-16-13-17-5-3-4-6-22(17)27(16)24(29)15-26(18-7-9-19(34-2)10-8-18)35(32,33)20-11-12-21(25)23(14-20)28(30)31/h3-12,14,16H,13,15H2,1-2H3/t16-/m1/s1. The van der Waals surface area contributed by atoms with E-state index in [4.69, 9.17) is 16.3 Å². The van der Waals surface area contributed by atoms with Gasteiger partial charge < -0.3 is 9.64 Å². The largest absolute Gasteiger partial charge is 0.497 e. The molecular weight excluding hydrogens is 494 g/mol. The van der Waals surface area contributed by atoms with Gasteiger partial charge in [0.25, 0.3) is 15.7 Å². The zero-order valence-electron chi connectivity index (χ0n) is 18.9. The topological polar surface area (TPSA) is 110 Å². The number of rotatable bonds is 7. The Balaban J connectivity index is 1.77. The number of hydrogen-bond donors (Lipinski definition) is 0. The van der Waals surface area contributed by atoms with E-state index in [-0.39, 0.29) is 21.6 Å². The van der Waals surface area contributed by atoms with Crippen molar-refractivity contribution >= 4 is 44.6 Å². The molecule has 3 aromatic rings. The quantitative estimate of drug-likeness (QED) is 0.340. The first-order chi connectivity index (χ1) is 16.6. The van der Waals surface area contributed by atoms with Crippen molar-refractivity contribution in [3.63, 3.8) is 0 Å². The van der Waals surface area contributed by atoms with Crippen LogP contribution < -0.4 is 13.9 Å². The van der Waals surface area contributed by atoms with E-state index in [0.717, 1.165) is 27.7 Å². The molecule has 0 radical (unpaired) electrons. The number of amides is 1. The van der Waals surface area contributed by atoms with E-state index in [1.807, 2.05) is 31.2 Å². The van der Waals surface area contributed by atoms with Gasteiger partial charge in [0.15, 0.2) is 0 Å². The first kappa shape index (κ1) is 24.5. The molecule has 182 valence electrons. The Morgan fingerprint density at radius 2 is 1.86 bits per heavy atom. The minimum Gasteiger partial charge on any atom is -0.497 e. The van der Waals surface area contributed by atoms with Crippen molar-refractivity contribution in [3.8, 4) is 5.75 Å². The number of methoxy groups -OCH3 is 1. The molecule has 0 N–H and O–H groups in total. The van der Waals surface area contributed by atoms with Gasteiger partial charge in [-0.2, -0.15) is 0 Å². The predicted molar refractivity (Wildman–Crippen MR) is 133 cm³/mol. The highest BCUT2D eigenvalue weighted by molar-refractivity contribution is 7.92. The van der Waals surface area contributed by atoms with Gasteiger partial charge in [0.1, 0.15) is 17.3 Å². The summed E-state index contributed by atoms with van der Waals surface area (Å²) in [5, 5.41) is 11.2. The number of hydrogen-bond acceptors (Lipinski definition) is 6. The summed E-state index contributed by atoms with van der Waals surface area (Å²) in [6, 6.07) is 16.7. The van der Waals surface area contributed by atoms with Crippen molar-refractivity contribution in [1.82, 2.24) is 0 Å². The molecule has 1 amide bonds. The number of sulfonamides is 1. The van der Waals surface area contributed by atoms with Gasteiger partial charge >= 0.3 is 0 Å². The highest BCUT2D eigenvalue weighted by Gasteiger charge is 2.35. The number of ether oxygens (including phenoxy) is 1. The molecule has 0 bridgehead atoms. The normalized spacial score (nSPS) is 14.9. The minimum atomic E-state index is -4.38. The third-order valence-electron chi connectivity index (χ3n) is 5.82. The third kappa shape index (κ3) is 4.67. The first-order valence-corrected chi connectivity index (χ1v) is 12.5. The zero-order valence-corrected chi connectivity index (χ0v) is 20.5. The number of halogens is 1. The van der Waals surface area contributed by atoms with Crippen molar-refractivity contribution in [1.29, 1.82) is 0 Å². The van der Waals surface area contributed by atoms with E-state index in [2.05, 4.69) is 0 Å². The molecule has 0 aliphatic carbocycles. The lowest BCUT2D eigenvalue weighted by Gasteiger charge is -2.29. The Kier molecular flexibility index (Phi) is 6.68. The number of carbonyl (C=O) groups is 1. The van der Waals surface area contributed by atoms with E-state index in [0.29, 0.717) is 12.2 Å². The van der Waals surface area contributed by atoms with Gasteiger partial charge in [0.05, 0.1) is 22.6 Å². The molecule has 1 atom stereocenters. The second-order valence-electron chi connectivity index (χ2n) is 8.03. The molecule has 1 aliphatic rings. The second-order valence-corrected chi connectivity index (χ2v) is 10.3. The van der Waals surface area contributed by atoms with Gasteiger partial charge in [0, 0.05) is 17.8 Å². The number of anilines is 2. The van der Waals surface area contributed by atoms with Gasteiger partial charge in [-0.25, -0.2) is 8.42 Å². The lowest BCUT2D eigenvalue weighted by Crippen LogP contribution is -2.45. The first-order valence-electron chi connectivity index (χ1n) is 10.6. The van der Waals surface area contributed by atoms with Crippen LogP contribution in [0.1, 0.15) is 12.5 Å². The van der Waals surface area contributed by atoms with Gasteiger partial charge in [-0.15, -0.1) is 0 Å². The Hall–Kier alpha value is -3.63. The summed E-state index contributed by atoms with van der Waals surface area (Å²) < 4.78 is 33.5. The van der Waals surface area contributed by atoms with Crippen molar-refractivity contribution < 1.29 is 22.9 Å². The highest BCUT2D eigenvalue weighted by atomic mass is 35.5. The summed E-state index contributed by atoms with van der Waals surface area (Å²) in [6.45, 7) is 1.39. The Labute approximate surface area is 207 Å². The molecule has 11 heteroatoms. The monoisotopic (exact) mass is 515 g/mol. The van der Waals surface area contributed by atoms with E-state index in [1.54, 1.807) is 17.0 Å². The van der Waals surface area contributed by atoms with Crippen LogP contribution in [0, 0.1) is 10.1 Å². The maximum absolute atomic E-state index is 13.7. The van der Waals surface area contributed by atoms with E-state index in [9.17, 15) is 23.3 Å². The molecule has 0 aromatic heterocycles. The number of carbonyl (C=O) groups excluding carboxylic acids is 1. The molecular formula is C24H22ClN3O6S. The van der Waals surface area contributed by atoms with Crippen molar-refractivity contribution in [3.05, 3.63) is 87.4 Å². The fourth-order valence-corrected chi connectivity index (χ4v) is 5.75. The van der Waals surface area contributed by atoms with Crippen LogP contribution in [0.4, 0.5) is 17.1 Å². The summed E-state index contributed by atoms with van der Waals surface area (Å²) in [6.07, 6.45) is 0.653. The molecule has 9 nitrogen and oxygen atoms in total. The summed E-state index contributed by atoms with van der Waals surface area (Å²) in [4.78, 5) is 25.3. The molecule has 4 rings (SSSR count). The van der Waals surface area contributed by atoms with Gasteiger partial charge in [-0.3, -0.25) is 19.2 Å². The van der Waals surface area contributed by atoms with Crippen molar-refractivity contribution in [2.75, 3.05) is 22.9 Å². The summed E-state index contributed by atoms with van der Waals surface area (Å²) in [7, 11) is -2.91.